The molecule has 124 valence electrons. The first-order chi connectivity index (χ1) is 12.1. The van der Waals surface area contributed by atoms with Crippen LogP contribution in [0.25, 0.3) is 22.3 Å². The number of hydrogen-bond donors (Lipinski definition) is 2. The number of aromatic nitrogens is 5. The van der Waals surface area contributed by atoms with Crippen LogP contribution in [0.5, 0.6) is 0 Å². The van der Waals surface area contributed by atoms with Gasteiger partial charge < -0.3 is 5.32 Å². The monoisotopic (exact) mass is 370 g/mol. The highest BCUT2D eigenvalue weighted by atomic mass is 35.5. The summed E-state index contributed by atoms with van der Waals surface area (Å²) in [4.78, 5) is 12.8. The molecule has 2 heterocycles. The third-order valence-corrected chi connectivity index (χ3v) is 4.15. The van der Waals surface area contributed by atoms with Crippen LogP contribution in [0.1, 0.15) is 5.56 Å². The van der Waals surface area contributed by atoms with Gasteiger partial charge in [-0.15, -0.1) is 0 Å². The van der Waals surface area contributed by atoms with Crippen LogP contribution in [0.2, 0.25) is 10.3 Å². The third-order valence-electron chi connectivity index (χ3n) is 3.74. The number of nitrogens with zero attached hydrogens (tertiary/aromatic N) is 4. The van der Waals surface area contributed by atoms with E-state index in [4.69, 9.17) is 23.2 Å². The lowest BCUT2D eigenvalue weighted by Crippen LogP contribution is -2.02. The Bertz CT molecular complexity index is 1080. The van der Waals surface area contributed by atoms with E-state index in [1.54, 1.807) is 6.20 Å². The normalized spacial score (nSPS) is 11.0. The number of aryl methyl sites for hydroxylation is 1. The van der Waals surface area contributed by atoms with Gasteiger partial charge in [-0.1, -0.05) is 17.7 Å². The molecular weight excluding hydrogens is 359 g/mol. The molecule has 0 aliphatic heterocycles. The van der Waals surface area contributed by atoms with Crippen LogP contribution in [0.4, 0.5) is 11.6 Å². The summed E-state index contributed by atoms with van der Waals surface area (Å²) in [5, 5.41) is 11.8. The van der Waals surface area contributed by atoms with Crippen LogP contribution in [0, 0.1) is 6.92 Å². The zero-order valence-corrected chi connectivity index (χ0v) is 14.6. The Morgan fingerprint density at radius 1 is 1.00 bits per heavy atom. The molecule has 0 unspecified atom stereocenters. The minimum Gasteiger partial charge on any atom is -0.324 e. The van der Waals surface area contributed by atoms with Crippen LogP contribution in [-0.2, 0) is 0 Å². The second-order valence-corrected chi connectivity index (χ2v) is 6.28. The van der Waals surface area contributed by atoms with E-state index < -0.39 is 0 Å². The van der Waals surface area contributed by atoms with Gasteiger partial charge in [0.05, 0.1) is 11.7 Å². The summed E-state index contributed by atoms with van der Waals surface area (Å²) in [7, 11) is 0. The minimum atomic E-state index is 0.108. The van der Waals surface area contributed by atoms with E-state index >= 15 is 0 Å². The number of halogens is 2. The Kier molecular flexibility index (Phi) is 3.99. The molecule has 4 aromatic rings. The van der Waals surface area contributed by atoms with Crippen molar-refractivity contribution in [1.29, 1.82) is 0 Å². The third kappa shape index (κ3) is 3.26. The molecule has 2 aromatic carbocycles. The van der Waals surface area contributed by atoms with E-state index in [0.717, 1.165) is 27.7 Å². The van der Waals surface area contributed by atoms with Gasteiger partial charge in [0, 0.05) is 21.7 Å². The SMILES string of the molecule is Cc1ccc(Cl)cc1-c1nc(Cl)nc(Nc2ccc3[nH]ncc3c2)n1. The van der Waals surface area contributed by atoms with Crippen LogP contribution >= 0.6 is 23.2 Å². The number of hydrogen-bond acceptors (Lipinski definition) is 5. The summed E-state index contributed by atoms with van der Waals surface area (Å²) in [6.45, 7) is 1.96. The summed E-state index contributed by atoms with van der Waals surface area (Å²) in [5.41, 5.74) is 3.59. The van der Waals surface area contributed by atoms with Gasteiger partial charge in [0.1, 0.15) is 0 Å². The first kappa shape index (κ1) is 15.8. The maximum atomic E-state index is 6.09. The summed E-state index contributed by atoms with van der Waals surface area (Å²) in [6.07, 6.45) is 1.75. The van der Waals surface area contributed by atoms with Crippen molar-refractivity contribution in [3.8, 4) is 11.4 Å². The Labute approximate surface area is 153 Å². The van der Waals surface area contributed by atoms with Crippen molar-refractivity contribution in [3.05, 3.63) is 58.5 Å². The molecule has 0 fully saturated rings. The zero-order chi connectivity index (χ0) is 17.4. The fraction of sp³-hybridized carbons (Fsp3) is 0.0588. The maximum Gasteiger partial charge on any atom is 0.232 e. The molecule has 0 aliphatic rings. The quantitative estimate of drug-likeness (QED) is 0.542. The molecule has 2 aromatic heterocycles. The standard InChI is InChI=1S/C17H12Cl2N6/c1-9-2-3-11(18)7-13(9)15-22-16(19)24-17(23-15)21-12-4-5-14-10(6-12)8-20-25-14/h2-8H,1H3,(H,20,25)(H,21,22,23,24). The second kappa shape index (κ2) is 6.31. The van der Waals surface area contributed by atoms with Crippen LogP contribution in [0.15, 0.2) is 42.6 Å². The van der Waals surface area contributed by atoms with Gasteiger partial charge >= 0.3 is 0 Å². The average Bonchev–Trinajstić information content (AvgIpc) is 3.04. The van der Waals surface area contributed by atoms with E-state index in [1.807, 2.05) is 43.3 Å². The molecule has 0 saturated carbocycles. The molecule has 2 N–H and O–H groups in total. The molecule has 0 amide bonds. The van der Waals surface area contributed by atoms with Gasteiger partial charge in [0.25, 0.3) is 0 Å². The molecule has 0 radical (unpaired) electrons. The fourth-order valence-electron chi connectivity index (χ4n) is 2.51. The van der Waals surface area contributed by atoms with Crippen molar-refractivity contribution in [2.24, 2.45) is 0 Å². The zero-order valence-electron chi connectivity index (χ0n) is 13.1. The number of fused-ring (bicyclic) bond motifs is 1. The lowest BCUT2D eigenvalue weighted by molar-refractivity contribution is 1.06. The van der Waals surface area contributed by atoms with Gasteiger partial charge in [-0.2, -0.15) is 20.1 Å². The van der Waals surface area contributed by atoms with Crippen LogP contribution in [0.3, 0.4) is 0 Å². The van der Waals surface area contributed by atoms with E-state index in [0.29, 0.717) is 16.8 Å². The summed E-state index contributed by atoms with van der Waals surface area (Å²) in [5.74, 6) is 0.823. The van der Waals surface area contributed by atoms with Crippen molar-refractivity contribution in [2.45, 2.75) is 6.92 Å². The Balaban J connectivity index is 1.73. The Morgan fingerprint density at radius 3 is 2.76 bits per heavy atom. The summed E-state index contributed by atoms with van der Waals surface area (Å²) in [6, 6.07) is 11.3. The van der Waals surface area contributed by atoms with Gasteiger partial charge in [-0.05, 0) is 54.4 Å². The van der Waals surface area contributed by atoms with E-state index in [9.17, 15) is 0 Å². The van der Waals surface area contributed by atoms with E-state index in [1.165, 1.54) is 0 Å². The average molecular weight is 371 g/mol. The van der Waals surface area contributed by atoms with Gasteiger partial charge in [-0.3, -0.25) is 5.10 Å². The molecule has 0 saturated heterocycles. The van der Waals surface area contributed by atoms with Crippen molar-refractivity contribution >= 4 is 45.7 Å². The lowest BCUT2D eigenvalue weighted by atomic mass is 10.1. The van der Waals surface area contributed by atoms with Crippen molar-refractivity contribution in [3.63, 3.8) is 0 Å². The van der Waals surface area contributed by atoms with E-state index in [2.05, 4.69) is 30.5 Å². The highest BCUT2D eigenvalue weighted by molar-refractivity contribution is 6.31. The van der Waals surface area contributed by atoms with Crippen molar-refractivity contribution < 1.29 is 0 Å². The number of rotatable bonds is 3. The summed E-state index contributed by atoms with van der Waals surface area (Å²) >= 11 is 12.2. The largest absolute Gasteiger partial charge is 0.324 e. The highest BCUT2D eigenvalue weighted by Crippen LogP contribution is 2.26. The molecular formula is C17H12Cl2N6. The number of anilines is 2. The van der Waals surface area contributed by atoms with Gasteiger partial charge in [0.2, 0.25) is 11.2 Å². The van der Waals surface area contributed by atoms with Gasteiger partial charge in [0.15, 0.2) is 5.82 Å². The highest BCUT2D eigenvalue weighted by Gasteiger charge is 2.11. The molecule has 6 nitrogen and oxygen atoms in total. The Morgan fingerprint density at radius 2 is 1.88 bits per heavy atom. The molecule has 0 bridgehead atoms. The summed E-state index contributed by atoms with van der Waals surface area (Å²) < 4.78 is 0. The molecule has 0 spiro atoms. The van der Waals surface area contributed by atoms with E-state index in [-0.39, 0.29) is 5.28 Å². The first-order valence-electron chi connectivity index (χ1n) is 7.47. The molecule has 0 atom stereocenters. The molecule has 4 rings (SSSR count). The topological polar surface area (TPSA) is 79.4 Å². The second-order valence-electron chi connectivity index (χ2n) is 5.51. The van der Waals surface area contributed by atoms with Gasteiger partial charge in [-0.25, -0.2) is 0 Å². The molecule has 0 aliphatic carbocycles. The predicted molar refractivity (Wildman–Crippen MR) is 99.4 cm³/mol. The van der Waals surface area contributed by atoms with Crippen molar-refractivity contribution in [1.82, 2.24) is 25.1 Å². The maximum absolute atomic E-state index is 6.09. The van der Waals surface area contributed by atoms with Crippen molar-refractivity contribution in [2.75, 3.05) is 5.32 Å². The van der Waals surface area contributed by atoms with Crippen LogP contribution < -0.4 is 5.32 Å². The smallest absolute Gasteiger partial charge is 0.232 e. The Hall–Kier alpha value is -2.70. The lowest BCUT2D eigenvalue weighted by Gasteiger charge is -2.09. The molecule has 25 heavy (non-hydrogen) atoms. The fourth-order valence-corrected chi connectivity index (χ4v) is 2.84. The number of nitrogens with one attached hydrogen (secondary N) is 2. The number of H-pyrrole nitrogens is 1. The minimum absolute atomic E-state index is 0.108. The number of aromatic amines is 1. The molecule has 8 heteroatoms. The number of benzene rings is 2. The predicted octanol–water partition coefficient (Wildman–Crippen LogP) is 4.77. The van der Waals surface area contributed by atoms with Crippen LogP contribution in [-0.4, -0.2) is 25.1 Å². The first-order valence-corrected chi connectivity index (χ1v) is 8.22.